The molecule has 1 heteroatoms. The summed E-state index contributed by atoms with van der Waals surface area (Å²) in [5.74, 6) is 7.60. The van der Waals surface area contributed by atoms with Crippen LogP contribution in [0.15, 0.2) is 54.6 Å². The fraction of sp³-hybridized carbons (Fsp3) is 0.357. The highest BCUT2D eigenvalue weighted by molar-refractivity contribution is 5.85. The number of fused-ring (bicyclic) bond motifs is 1. The molecule has 0 bridgehead atoms. The molecule has 0 N–H and O–H groups in total. The molecule has 0 radical (unpaired) electrons. The summed E-state index contributed by atoms with van der Waals surface area (Å²) >= 11 is 0. The van der Waals surface area contributed by atoms with Crippen LogP contribution in [-0.2, 0) is 0 Å². The van der Waals surface area contributed by atoms with E-state index in [0.29, 0.717) is 5.92 Å². The third kappa shape index (κ3) is 4.54. The van der Waals surface area contributed by atoms with Crippen molar-refractivity contribution in [1.29, 1.82) is 0 Å². The van der Waals surface area contributed by atoms with E-state index in [-0.39, 0.29) is 5.82 Å². The van der Waals surface area contributed by atoms with Crippen LogP contribution in [0.1, 0.15) is 73.6 Å². The third-order valence-corrected chi connectivity index (χ3v) is 6.37. The Morgan fingerprint density at radius 1 is 0.862 bits per heavy atom. The molecule has 0 atom stereocenters. The lowest BCUT2D eigenvalue weighted by molar-refractivity contribution is 0.305. The Bertz CT molecular complexity index is 1040. The van der Waals surface area contributed by atoms with E-state index < -0.39 is 0 Å². The first-order valence-electron chi connectivity index (χ1n) is 10.9. The molecule has 3 aromatic carbocycles. The molecule has 0 unspecified atom stereocenters. The number of aryl methyl sites for hydroxylation is 1. The van der Waals surface area contributed by atoms with E-state index in [1.54, 1.807) is 0 Å². The van der Waals surface area contributed by atoms with Crippen LogP contribution in [0.3, 0.4) is 0 Å². The number of hydrogen-bond donors (Lipinski definition) is 0. The summed E-state index contributed by atoms with van der Waals surface area (Å²) in [6, 6.07) is 18.1. The van der Waals surface area contributed by atoms with Gasteiger partial charge < -0.3 is 0 Å². The standard InChI is InChI=1S/C28H29F/c1-3-4-21-11-14-24(15-12-21)26-18-16-25-19-23(13-17-27(25)28(26)29)10-9-22-7-5-20(2)6-8-22/h5-8,13,16-19,21,24H,3-4,11-12,14-15H2,1-2H3. The van der Waals surface area contributed by atoms with Crippen LogP contribution in [0.5, 0.6) is 0 Å². The first-order valence-corrected chi connectivity index (χ1v) is 10.9. The largest absolute Gasteiger partial charge is 0.206 e. The molecule has 148 valence electrons. The van der Waals surface area contributed by atoms with E-state index in [0.717, 1.165) is 46.2 Å². The van der Waals surface area contributed by atoms with Gasteiger partial charge in [0, 0.05) is 16.5 Å². The summed E-state index contributed by atoms with van der Waals surface area (Å²) in [4.78, 5) is 0. The zero-order valence-corrected chi connectivity index (χ0v) is 17.5. The van der Waals surface area contributed by atoms with Crippen molar-refractivity contribution in [2.75, 3.05) is 0 Å². The minimum absolute atomic E-state index is 0.0283. The Labute approximate surface area is 174 Å². The minimum Gasteiger partial charge on any atom is -0.206 e. The molecule has 0 saturated heterocycles. The third-order valence-electron chi connectivity index (χ3n) is 6.37. The molecule has 1 aliphatic carbocycles. The lowest BCUT2D eigenvalue weighted by Gasteiger charge is -2.29. The van der Waals surface area contributed by atoms with Crippen molar-refractivity contribution in [2.45, 2.75) is 58.3 Å². The van der Waals surface area contributed by atoms with Crippen LogP contribution in [0.2, 0.25) is 0 Å². The Balaban J connectivity index is 1.55. The summed E-state index contributed by atoms with van der Waals surface area (Å²) in [5, 5.41) is 1.65. The smallest absolute Gasteiger partial charge is 0.134 e. The lowest BCUT2D eigenvalue weighted by Crippen LogP contribution is -2.14. The van der Waals surface area contributed by atoms with Crippen molar-refractivity contribution in [3.8, 4) is 11.8 Å². The molecule has 1 saturated carbocycles. The fourth-order valence-electron chi connectivity index (χ4n) is 4.65. The van der Waals surface area contributed by atoms with E-state index in [2.05, 4.69) is 43.9 Å². The molecule has 0 heterocycles. The van der Waals surface area contributed by atoms with Gasteiger partial charge in [-0.2, -0.15) is 0 Å². The van der Waals surface area contributed by atoms with Gasteiger partial charge >= 0.3 is 0 Å². The monoisotopic (exact) mass is 384 g/mol. The van der Waals surface area contributed by atoms with Crippen LogP contribution >= 0.6 is 0 Å². The molecule has 4 rings (SSSR count). The highest BCUT2D eigenvalue weighted by Crippen LogP contribution is 2.39. The second kappa shape index (κ2) is 8.83. The first kappa shape index (κ1) is 19.7. The predicted molar refractivity (Wildman–Crippen MR) is 121 cm³/mol. The van der Waals surface area contributed by atoms with Gasteiger partial charge in [-0.05, 0) is 79.7 Å². The fourth-order valence-corrected chi connectivity index (χ4v) is 4.65. The summed E-state index contributed by atoms with van der Waals surface area (Å²) < 4.78 is 15.3. The molecule has 0 spiro atoms. The topological polar surface area (TPSA) is 0 Å². The van der Waals surface area contributed by atoms with Gasteiger partial charge in [-0.25, -0.2) is 4.39 Å². The molecule has 3 aromatic rings. The number of halogens is 1. The van der Waals surface area contributed by atoms with Gasteiger partial charge in [-0.3, -0.25) is 0 Å². The van der Waals surface area contributed by atoms with Crippen molar-refractivity contribution >= 4 is 10.8 Å². The van der Waals surface area contributed by atoms with Crippen LogP contribution in [-0.4, -0.2) is 0 Å². The van der Waals surface area contributed by atoms with Crippen molar-refractivity contribution in [2.24, 2.45) is 5.92 Å². The maximum absolute atomic E-state index is 15.3. The van der Waals surface area contributed by atoms with Crippen LogP contribution < -0.4 is 0 Å². The Kier molecular flexibility index (Phi) is 6.00. The molecular formula is C28H29F. The Morgan fingerprint density at radius 2 is 1.55 bits per heavy atom. The van der Waals surface area contributed by atoms with E-state index in [9.17, 15) is 0 Å². The quantitative estimate of drug-likeness (QED) is 0.405. The van der Waals surface area contributed by atoms with E-state index in [4.69, 9.17) is 0 Å². The molecular weight excluding hydrogens is 355 g/mol. The van der Waals surface area contributed by atoms with Gasteiger partial charge in [-0.15, -0.1) is 0 Å². The highest BCUT2D eigenvalue weighted by Gasteiger charge is 2.24. The van der Waals surface area contributed by atoms with E-state index in [1.165, 1.54) is 31.2 Å². The Hall–Kier alpha value is -2.59. The number of benzene rings is 3. The van der Waals surface area contributed by atoms with Gasteiger partial charge in [0.05, 0.1) is 0 Å². The SMILES string of the molecule is CCCC1CCC(c2ccc3cc(C#Cc4ccc(C)cc4)ccc3c2F)CC1. The maximum atomic E-state index is 15.3. The molecule has 0 nitrogen and oxygen atoms in total. The second-order valence-corrected chi connectivity index (χ2v) is 8.53. The normalized spacial score (nSPS) is 19.0. The molecule has 0 aliphatic heterocycles. The van der Waals surface area contributed by atoms with Crippen molar-refractivity contribution in [3.63, 3.8) is 0 Å². The van der Waals surface area contributed by atoms with Crippen molar-refractivity contribution in [1.82, 2.24) is 0 Å². The average Bonchev–Trinajstić information content (AvgIpc) is 2.74. The van der Waals surface area contributed by atoms with E-state index >= 15 is 4.39 Å². The zero-order valence-electron chi connectivity index (χ0n) is 17.5. The van der Waals surface area contributed by atoms with Crippen LogP contribution in [0.4, 0.5) is 4.39 Å². The number of hydrogen-bond acceptors (Lipinski definition) is 0. The Morgan fingerprint density at radius 3 is 2.28 bits per heavy atom. The predicted octanol–water partition coefficient (Wildman–Crippen LogP) is 7.76. The molecule has 0 amide bonds. The second-order valence-electron chi connectivity index (χ2n) is 8.53. The minimum atomic E-state index is -0.0283. The molecule has 1 aliphatic rings. The van der Waals surface area contributed by atoms with Crippen LogP contribution in [0, 0.1) is 30.5 Å². The van der Waals surface area contributed by atoms with Gasteiger partial charge in [0.25, 0.3) is 0 Å². The molecule has 29 heavy (non-hydrogen) atoms. The van der Waals surface area contributed by atoms with Gasteiger partial charge in [-0.1, -0.05) is 67.5 Å². The van der Waals surface area contributed by atoms with Gasteiger partial charge in [0.2, 0.25) is 0 Å². The zero-order chi connectivity index (χ0) is 20.2. The van der Waals surface area contributed by atoms with Crippen molar-refractivity contribution in [3.05, 3.63) is 82.7 Å². The molecule has 0 aromatic heterocycles. The highest BCUT2D eigenvalue weighted by atomic mass is 19.1. The van der Waals surface area contributed by atoms with Crippen molar-refractivity contribution < 1.29 is 4.39 Å². The van der Waals surface area contributed by atoms with Crippen LogP contribution in [0.25, 0.3) is 10.8 Å². The summed E-state index contributed by atoms with van der Waals surface area (Å²) in [6.45, 7) is 4.33. The molecule has 1 fully saturated rings. The summed E-state index contributed by atoms with van der Waals surface area (Å²) in [7, 11) is 0. The first-order chi connectivity index (χ1) is 14.1. The number of rotatable bonds is 3. The van der Waals surface area contributed by atoms with Gasteiger partial charge in [0.15, 0.2) is 0 Å². The van der Waals surface area contributed by atoms with Gasteiger partial charge in [0.1, 0.15) is 5.82 Å². The average molecular weight is 385 g/mol. The summed E-state index contributed by atoms with van der Waals surface area (Å²) in [5.41, 5.74) is 4.05. The maximum Gasteiger partial charge on any atom is 0.134 e. The summed E-state index contributed by atoms with van der Waals surface area (Å²) in [6.07, 6.45) is 7.29. The lowest BCUT2D eigenvalue weighted by atomic mass is 9.77. The van der Waals surface area contributed by atoms with E-state index in [1.807, 2.05) is 36.4 Å².